The summed E-state index contributed by atoms with van der Waals surface area (Å²) in [6.07, 6.45) is 1.15. The minimum atomic E-state index is -0.420. The molecule has 2 aromatic heterocycles. The number of benzene rings is 1. The predicted octanol–water partition coefficient (Wildman–Crippen LogP) is 3.56. The van der Waals surface area contributed by atoms with Crippen molar-refractivity contribution in [2.24, 2.45) is 5.92 Å². The summed E-state index contributed by atoms with van der Waals surface area (Å²) in [5.41, 5.74) is 0.889. The number of ether oxygens (including phenoxy) is 1. The maximum Gasteiger partial charge on any atom is 0.415 e. The van der Waals surface area contributed by atoms with Gasteiger partial charge in [-0.05, 0) is 24.1 Å². The minimum absolute atomic E-state index is 0.0849. The van der Waals surface area contributed by atoms with E-state index in [0.717, 1.165) is 5.39 Å². The molecule has 0 unspecified atom stereocenters. The Balaban J connectivity index is 1.56. The van der Waals surface area contributed by atoms with Gasteiger partial charge in [0.1, 0.15) is 12.4 Å². The number of H-pyrrole nitrogens is 1. The number of nitrogens with zero attached hydrogens (tertiary/aromatic N) is 3. The van der Waals surface area contributed by atoms with E-state index in [1.807, 2.05) is 26.0 Å². The smallest absolute Gasteiger partial charge is 0.415 e. The van der Waals surface area contributed by atoms with Crippen LogP contribution in [0.4, 0.5) is 16.6 Å². The van der Waals surface area contributed by atoms with Gasteiger partial charge in [-0.2, -0.15) is 4.98 Å². The molecule has 1 aliphatic heterocycles. The molecule has 0 saturated carbocycles. The van der Waals surface area contributed by atoms with Crippen LogP contribution in [0.25, 0.3) is 10.9 Å². The molecule has 0 aliphatic carbocycles. The number of para-hydroxylation sites is 1. The van der Waals surface area contributed by atoms with Gasteiger partial charge in [-0.3, -0.25) is 9.69 Å². The van der Waals surface area contributed by atoms with Gasteiger partial charge in [0.15, 0.2) is 0 Å². The number of hydrogen-bond donors (Lipinski definition) is 2. The number of halogens is 1. The van der Waals surface area contributed by atoms with Crippen molar-refractivity contribution in [3.8, 4) is 0 Å². The van der Waals surface area contributed by atoms with Gasteiger partial charge in [0.2, 0.25) is 5.95 Å². The molecule has 0 bridgehead atoms. The van der Waals surface area contributed by atoms with Crippen LogP contribution in [0.15, 0.2) is 41.3 Å². The van der Waals surface area contributed by atoms with Crippen molar-refractivity contribution < 1.29 is 9.53 Å². The highest BCUT2D eigenvalue weighted by atomic mass is 35.5. The van der Waals surface area contributed by atoms with Crippen LogP contribution < -0.4 is 15.8 Å². The third-order valence-electron chi connectivity index (χ3n) is 4.91. The first-order chi connectivity index (χ1) is 13.9. The highest BCUT2D eigenvalue weighted by Crippen LogP contribution is 2.26. The molecule has 3 aromatic rings. The number of carbonyl (C=O) groups is 1. The first-order valence-electron chi connectivity index (χ1n) is 9.27. The van der Waals surface area contributed by atoms with Crippen LogP contribution in [0.5, 0.6) is 0 Å². The highest BCUT2D eigenvalue weighted by Gasteiger charge is 2.37. The molecule has 9 heteroatoms. The van der Waals surface area contributed by atoms with Crippen molar-refractivity contribution in [2.45, 2.75) is 26.4 Å². The Bertz CT molecular complexity index is 1130. The normalized spacial score (nSPS) is 16.5. The van der Waals surface area contributed by atoms with Crippen molar-refractivity contribution in [3.05, 3.63) is 57.5 Å². The Kier molecular flexibility index (Phi) is 5.10. The lowest BCUT2D eigenvalue weighted by atomic mass is 10.0. The molecular weight excluding hydrogens is 394 g/mol. The fraction of sp³-hybridized carbons (Fsp3) is 0.300. The molecule has 2 N–H and O–H groups in total. The Morgan fingerprint density at radius 3 is 2.97 bits per heavy atom. The van der Waals surface area contributed by atoms with Gasteiger partial charge < -0.3 is 15.0 Å². The standard InChI is InChI=1S/C20H20ClN5O3/c1-11(2)15-10-29-20(28)26(15)16-6-7-22-19(24-16)23-9-13-8-12-4-3-5-14(21)17(12)25-18(13)27/h3-8,11,15H,9-10H2,1-2H3,(H,25,27)(H,22,23,24)/t15-/m1/s1. The Hall–Kier alpha value is -3.13. The zero-order valence-corrected chi connectivity index (χ0v) is 16.7. The molecule has 4 rings (SSSR count). The summed E-state index contributed by atoms with van der Waals surface area (Å²) in [4.78, 5) is 37.5. The number of hydrogen-bond acceptors (Lipinski definition) is 6. The number of rotatable bonds is 5. The lowest BCUT2D eigenvalue weighted by molar-refractivity contribution is 0.177. The van der Waals surface area contributed by atoms with Gasteiger partial charge in [-0.15, -0.1) is 0 Å². The van der Waals surface area contributed by atoms with Crippen LogP contribution in [-0.4, -0.2) is 33.7 Å². The number of amides is 1. The van der Waals surface area contributed by atoms with Crippen LogP contribution in [0, 0.1) is 5.92 Å². The van der Waals surface area contributed by atoms with Gasteiger partial charge in [0.25, 0.3) is 5.56 Å². The average molecular weight is 414 g/mol. The Morgan fingerprint density at radius 1 is 1.34 bits per heavy atom. The lowest BCUT2D eigenvalue weighted by Crippen LogP contribution is -2.37. The summed E-state index contributed by atoms with van der Waals surface area (Å²) in [6.45, 7) is 4.61. The van der Waals surface area contributed by atoms with Crippen molar-refractivity contribution in [2.75, 3.05) is 16.8 Å². The van der Waals surface area contributed by atoms with E-state index in [0.29, 0.717) is 34.5 Å². The maximum atomic E-state index is 12.4. The highest BCUT2D eigenvalue weighted by molar-refractivity contribution is 6.35. The van der Waals surface area contributed by atoms with Crippen LogP contribution in [-0.2, 0) is 11.3 Å². The SMILES string of the molecule is CC(C)[C@H]1COC(=O)N1c1ccnc(NCc2cc3cccc(Cl)c3[nH]c2=O)n1. The Labute approximate surface area is 171 Å². The topological polar surface area (TPSA) is 100 Å². The van der Waals surface area contributed by atoms with E-state index in [2.05, 4.69) is 20.3 Å². The van der Waals surface area contributed by atoms with Crippen LogP contribution in [0.2, 0.25) is 5.02 Å². The van der Waals surface area contributed by atoms with Crippen LogP contribution in [0.1, 0.15) is 19.4 Å². The molecule has 1 saturated heterocycles. The molecule has 1 atom stereocenters. The first-order valence-corrected chi connectivity index (χ1v) is 9.65. The van der Waals surface area contributed by atoms with E-state index in [-0.39, 0.29) is 24.1 Å². The summed E-state index contributed by atoms with van der Waals surface area (Å²) in [5, 5.41) is 4.38. The lowest BCUT2D eigenvalue weighted by Gasteiger charge is -2.23. The van der Waals surface area contributed by atoms with Crippen molar-refractivity contribution in [1.82, 2.24) is 15.0 Å². The van der Waals surface area contributed by atoms with E-state index >= 15 is 0 Å². The van der Waals surface area contributed by atoms with Crippen molar-refractivity contribution >= 4 is 40.4 Å². The fourth-order valence-electron chi connectivity index (χ4n) is 3.30. The van der Waals surface area contributed by atoms with E-state index in [1.165, 1.54) is 0 Å². The molecule has 1 fully saturated rings. The van der Waals surface area contributed by atoms with E-state index in [9.17, 15) is 9.59 Å². The number of aromatic amines is 1. The average Bonchev–Trinajstić information content (AvgIpc) is 3.09. The molecule has 0 spiro atoms. The summed E-state index contributed by atoms with van der Waals surface area (Å²) >= 11 is 6.13. The number of anilines is 2. The van der Waals surface area contributed by atoms with Crippen molar-refractivity contribution in [1.29, 1.82) is 0 Å². The van der Waals surface area contributed by atoms with Gasteiger partial charge >= 0.3 is 6.09 Å². The monoisotopic (exact) mass is 413 g/mol. The third kappa shape index (κ3) is 3.75. The summed E-state index contributed by atoms with van der Waals surface area (Å²) < 4.78 is 5.18. The number of pyridine rings is 1. The van der Waals surface area contributed by atoms with Gasteiger partial charge in [0.05, 0.1) is 16.6 Å². The number of fused-ring (bicyclic) bond motifs is 1. The predicted molar refractivity (Wildman–Crippen MR) is 111 cm³/mol. The molecule has 1 aromatic carbocycles. The van der Waals surface area contributed by atoms with E-state index in [4.69, 9.17) is 16.3 Å². The molecule has 8 nitrogen and oxygen atoms in total. The number of carbonyl (C=O) groups excluding carboxylic acids is 1. The Morgan fingerprint density at radius 2 is 2.17 bits per heavy atom. The van der Waals surface area contributed by atoms with Gasteiger partial charge in [-0.25, -0.2) is 9.78 Å². The minimum Gasteiger partial charge on any atom is -0.447 e. The van der Waals surface area contributed by atoms with Gasteiger partial charge in [-0.1, -0.05) is 37.6 Å². The zero-order valence-electron chi connectivity index (χ0n) is 16.0. The van der Waals surface area contributed by atoms with E-state index < -0.39 is 6.09 Å². The second-order valence-electron chi connectivity index (χ2n) is 7.18. The van der Waals surface area contributed by atoms with Gasteiger partial charge in [0, 0.05) is 23.7 Å². The fourth-order valence-corrected chi connectivity index (χ4v) is 3.53. The molecule has 3 heterocycles. The summed E-state index contributed by atoms with van der Waals surface area (Å²) in [7, 11) is 0. The number of nitrogens with one attached hydrogen (secondary N) is 2. The maximum absolute atomic E-state index is 12.4. The number of aromatic nitrogens is 3. The first kappa shape index (κ1) is 19.2. The second-order valence-corrected chi connectivity index (χ2v) is 7.59. The van der Waals surface area contributed by atoms with E-state index in [1.54, 1.807) is 29.3 Å². The molecule has 29 heavy (non-hydrogen) atoms. The largest absolute Gasteiger partial charge is 0.447 e. The molecule has 0 radical (unpaired) electrons. The molecular formula is C20H20ClN5O3. The van der Waals surface area contributed by atoms with Crippen LogP contribution in [0.3, 0.4) is 0 Å². The second kappa shape index (κ2) is 7.71. The molecule has 150 valence electrons. The van der Waals surface area contributed by atoms with Crippen molar-refractivity contribution in [3.63, 3.8) is 0 Å². The van der Waals surface area contributed by atoms with Crippen LogP contribution >= 0.6 is 11.6 Å². The molecule has 1 amide bonds. The summed E-state index contributed by atoms with van der Waals surface area (Å²) in [5.74, 6) is 0.994. The molecule has 1 aliphatic rings. The quantitative estimate of drug-likeness (QED) is 0.663. The number of cyclic esters (lactones) is 1. The zero-order chi connectivity index (χ0) is 20.5. The summed E-state index contributed by atoms with van der Waals surface area (Å²) in [6, 6.07) is 8.79. The third-order valence-corrected chi connectivity index (χ3v) is 5.22.